The SMILES string of the molecule is CCCN(C=CC(=O)OC(C)[N+](=O)[O-])CC(=O)O. The van der Waals surface area contributed by atoms with Crippen molar-refractivity contribution in [2.75, 3.05) is 13.1 Å². The van der Waals surface area contributed by atoms with Crippen molar-refractivity contribution in [3.8, 4) is 0 Å². The van der Waals surface area contributed by atoms with Gasteiger partial charge in [0.15, 0.2) is 0 Å². The van der Waals surface area contributed by atoms with E-state index < -0.39 is 23.1 Å². The summed E-state index contributed by atoms with van der Waals surface area (Å²) in [6, 6.07) is 0. The molecule has 0 fully saturated rings. The molecular formula is C10H16N2O6. The van der Waals surface area contributed by atoms with E-state index in [9.17, 15) is 19.7 Å². The summed E-state index contributed by atoms with van der Waals surface area (Å²) in [5.41, 5.74) is 0. The molecule has 0 aromatic heterocycles. The number of carbonyl (C=O) groups is 2. The van der Waals surface area contributed by atoms with Gasteiger partial charge in [0.2, 0.25) is 0 Å². The Morgan fingerprint density at radius 1 is 1.56 bits per heavy atom. The first-order valence-corrected chi connectivity index (χ1v) is 5.35. The number of carboxylic acids is 1. The molecule has 1 N–H and O–H groups in total. The van der Waals surface area contributed by atoms with Gasteiger partial charge < -0.3 is 14.7 Å². The number of nitro groups is 1. The first-order valence-electron chi connectivity index (χ1n) is 5.35. The first-order chi connectivity index (χ1) is 8.36. The minimum atomic E-state index is -1.43. The van der Waals surface area contributed by atoms with Crippen molar-refractivity contribution in [2.24, 2.45) is 0 Å². The average Bonchev–Trinajstić information content (AvgIpc) is 2.25. The fourth-order valence-electron chi connectivity index (χ4n) is 1.08. The summed E-state index contributed by atoms with van der Waals surface area (Å²) in [7, 11) is 0. The monoisotopic (exact) mass is 260 g/mol. The van der Waals surface area contributed by atoms with E-state index in [1.54, 1.807) is 0 Å². The number of esters is 1. The zero-order valence-corrected chi connectivity index (χ0v) is 10.2. The van der Waals surface area contributed by atoms with Crippen LogP contribution in [0.2, 0.25) is 0 Å². The fraction of sp³-hybridized carbons (Fsp3) is 0.600. The summed E-state index contributed by atoms with van der Waals surface area (Å²) in [6.45, 7) is 3.20. The van der Waals surface area contributed by atoms with Gasteiger partial charge in [-0.25, -0.2) is 4.79 Å². The molecular weight excluding hydrogens is 244 g/mol. The molecule has 8 heteroatoms. The van der Waals surface area contributed by atoms with Crippen LogP contribution in [-0.2, 0) is 14.3 Å². The number of aliphatic carboxylic acids is 1. The Balaban J connectivity index is 4.34. The summed E-state index contributed by atoms with van der Waals surface area (Å²) in [6.07, 6.45) is 1.50. The van der Waals surface area contributed by atoms with Crippen LogP contribution in [0.1, 0.15) is 20.3 Å². The molecule has 0 spiro atoms. The third kappa shape index (κ3) is 7.20. The molecule has 0 heterocycles. The number of nitrogens with zero attached hydrogens (tertiary/aromatic N) is 2. The van der Waals surface area contributed by atoms with Crippen LogP contribution in [0, 0.1) is 10.1 Å². The molecule has 0 aromatic rings. The van der Waals surface area contributed by atoms with E-state index in [-0.39, 0.29) is 6.54 Å². The maximum absolute atomic E-state index is 11.2. The number of hydrogen-bond donors (Lipinski definition) is 1. The van der Waals surface area contributed by atoms with Crippen LogP contribution in [0.25, 0.3) is 0 Å². The van der Waals surface area contributed by atoms with Crippen LogP contribution < -0.4 is 0 Å². The Kier molecular flexibility index (Phi) is 7.10. The highest BCUT2D eigenvalue weighted by Crippen LogP contribution is 1.97. The molecule has 18 heavy (non-hydrogen) atoms. The summed E-state index contributed by atoms with van der Waals surface area (Å²) >= 11 is 0. The third-order valence-corrected chi connectivity index (χ3v) is 1.85. The molecule has 0 rings (SSSR count). The Morgan fingerprint density at radius 3 is 2.61 bits per heavy atom. The molecule has 0 aromatic carbocycles. The number of ether oxygens (including phenoxy) is 1. The van der Waals surface area contributed by atoms with Crippen molar-refractivity contribution in [3.63, 3.8) is 0 Å². The van der Waals surface area contributed by atoms with Crippen molar-refractivity contribution in [2.45, 2.75) is 26.5 Å². The van der Waals surface area contributed by atoms with Gasteiger partial charge in [-0.3, -0.25) is 14.9 Å². The minimum Gasteiger partial charge on any atom is -0.480 e. The van der Waals surface area contributed by atoms with E-state index in [4.69, 9.17) is 5.11 Å². The maximum atomic E-state index is 11.2. The van der Waals surface area contributed by atoms with Crippen LogP contribution in [0.15, 0.2) is 12.3 Å². The highest BCUT2D eigenvalue weighted by atomic mass is 16.7. The van der Waals surface area contributed by atoms with E-state index >= 15 is 0 Å². The molecule has 0 aliphatic carbocycles. The van der Waals surface area contributed by atoms with Crippen molar-refractivity contribution in [1.82, 2.24) is 4.90 Å². The Labute approximate surface area is 104 Å². The van der Waals surface area contributed by atoms with Crippen molar-refractivity contribution in [1.29, 1.82) is 0 Å². The Hall–Kier alpha value is -2.12. The van der Waals surface area contributed by atoms with Crippen LogP contribution >= 0.6 is 0 Å². The van der Waals surface area contributed by atoms with Crippen LogP contribution in [0.3, 0.4) is 0 Å². The molecule has 0 radical (unpaired) electrons. The molecule has 1 atom stereocenters. The largest absolute Gasteiger partial charge is 0.480 e. The summed E-state index contributed by atoms with van der Waals surface area (Å²) in [5, 5.41) is 18.8. The molecule has 8 nitrogen and oxygen atoms in total. The van der Waals surface area contributed by atoms with E-state index in [0.29, 0.717) is 13.0 Å². The molecule has 0 aliphatic heterocycles. The van der Waals surface area contributed by atoms with Crippen LogP contribution in [0.5, 0.6) is 0 Å². The Bertz CT molecular complexity index is 341. The van der Waals surface area contributed by atoms with E-state index in [0.717, 1.165) is 13.0 Å². The lowest BCUT2D eigenvalue weighted by molar-refractivity contribution is -0.562. The normalized spacial score (nSPS) is 12.1. The molecule has 0 amide bonds. The smallest absolute Gasteiger partial charge is 0.353 e. The van der Waals surface area contributed by atoms with E-state index in [1.165, 1.54) is 11.1 Å². The van der Waals surface area contributed by atoms with E-state index in [2.05, 4.69) is 4.74 Å². The number of carbonyl (C=O) groups excluding carboxylic acids is 1. The highest BCUT2D eigenvalue weighted by Gasteiger charge is 2.16. The quantitative estimate of drug-likeness (QED) is 0.222. The predicted molar refractivity (Wildman–Crippen MR) is 61.2 cm³/mol. The standard InChI is InChI=1S/C10H16N2O6/c1-3-5-11(7-9(13)14)6-4-10(15)18-8(2)12(16)17/h4,6,8H,3,5,7H2,1-2H3,(H,13,14). The molecule has 0 aliphatic rings. The van der Waals surface area contributed by atoms with Gasteiger partial charge in [-0.15, -0.1) is 0 Å². The summed E-state index contributed by atoms with van der Waals surface area (Å²) in [5.74, 6) is -1.91. The second-order valence-corrected chi connectivity index (χ2v) is 3.50. The number of hydrogen-bond acceptors (Lipinski definition) is 6. The predicted octanol–water partition coefficient (Wildman–Crippen LogP) is 0.463. The average molecular weight is 260 g/mol. The molecule has 102 valence electrons. The van der Waals surface area contributed by atoms with E-state index in [1.807, 2.05) is 6.92 Å². The van der Waals surface area contributed by atoms with Crippen molar-refractivity contribution < 1.29 is 24.4 Å². The minimum absolute atomic E-state index is 0.248. The molecule has 0 saturated heterocycles. The maximum Gasteiger partial charge on any atom is 0.353 e. The van der Waals surface area contributed by atoms with Gasteiger partial charge in [-0.05, 0) is 6.42 Å². The Morgan fingerprint density at radius 2 is 2.17 bits per heavy atom. The third-order valence-electron chi connectivity index (χ3n) is 1.85. The summed E-state index contributed by atoms with van der Waals surface area (Å²) < 4.78 is 4.45. The molecule has 0 bridgehead atoms. The van der Waals surface area contributed by atoms with Gasteiger partial charge in [0.1, 0.15) is 6.54 Å². The second-order valence-electron chi connectivity index (χ2n) is 3.50. The topological polar surface area (TPSA) is 110 Å². The summed E-state index contributed by atoms with van der Waals surface area (Å²) in [4.78, 5) is 32.6. The second kappa shape index (κ2) is 8.04. The van der Waals surface area contributed by atoms with Gasteiger partial charge in [0.05, 0.1) is 4.92 Å². The van der Waals surface area contributed by atoms with Crippen LogP contribution in [0.4, 0.5) is 0 Å². The zero-order valence-electron chi connectivity index (χ0n) is 10.2. The fourth-order valence-corrected chi connectivity index (χ4v) is 1.08. The zero-order chi connectivity index (χ0) is 14.1. The lowest BCUT2D eigenvalue weighted by Crippen LogP contribution is -2.26. The number of rotatable bonds is 8. The van der Waals surface area contributed by atoms with Gasteiger partial charge in [0, 0.05) is 25.7 Å². The van der Waals surface area contributed by atoms with Gasteiger partial charge in [0.25, 0.3) is 0 Å². The van der Waals surface area contributed by atoms with Gasteiger partial charge in [-0.2, -0.15) is 0 Å². The van der Waals surface area contributed by atoms with Crippen LogP contribution in [-0.4, -0.2) is 46.2 Å². The van der Waals surface area contributed by atoms with Gasteiger partial charge >= 0.3 is 18.2 Å². The van der Waals surface area contributed by atoms with Gasteiger partial charge in [-0.1, -0.05) is 6.92 Å². The van der Waals surface area contributed by atoms with Crippen molar-refractivity contribution >= 4 is 11.9 Å². The molecule has 0 saturated carbocycles. The lowest BCUT2D eigenvalue weighted by Gasteiger charge is -2.16. The highest BCUT2D eigenvalue weighted by molar-refractivity contribution is 5.82. The lowest BCUT2D eigenvalue weighted by atomic mass is 10.4. The molecule has 1 unspecified atom stereocenters. The first kappa shape index (κ1) is 15.9. The number of carboxylic acid groups (broad SMARTS) is 1. The van der Waals surface area contributed by atoms with Crippen molar-refractivity contribution in [3.05, 3.63) is 22.4 Å².